The topological polar surface area (TPSA) is 82.4 Å². The van der Waals surface area contributed by atoms with E-state index in [9.17, 15) is 4.79 Å². The Labute approximate surface area is 160 Å². The minimum atomic E-state index is -1.24. The molecule has 1 atom stereocenters. The third-order valence-corrected chi connectivity index (χ3v) is 4.31. The molecule has 2 aliphatic rings. The molecule has 5 heteroatoms. The highest BCUT2D eigenvalue weighted by Crippen LogP contribution is 2.23. The number of hydrogen-bond acceptors (Lipinski definition) is 4. The zero-order valence-electron chi connectivity index (χ0n) is 15.9. The van der Waals surface area contributed by atoms with E-state index >= 15 is 0 Å². The SMILES string of the molecule is CCCCCNC1C=CC(/C=C/C2=CC(=C(\C#N)C(=O)O)/C=C(C)O2)=CC1. The largest absolute Gasteiger partial charge is 0.477 e. The van der Waals surface area contributed by atoms with Gasteiger partial charge in [-0.15, -0.1) is 0 Å². The van der Waals surface area contributed by atoms with Gasteiger partial charge in [0.15, 0.2) is 0 Å². The van der Waals surface area contributed by atoms with Crippen molar-refractivity contribution in [2.75, 3.05) is 6.54 Å². The van der Waals surface area contributed by atoms with Gasteiger partial charge in [-0.2, -0.15) is 5.26 Å². The van der Waals surface area contributed by atoms with E-state index in [1.54, 1.807) is 31.2 Å². The van der Waals surface area contributed by atoms with Gasteiger partial charge >= 0.3 is 5.97 Å². The number of ether oxygens (including phenoxy) is 1. The Morgan fingerprint density at radius 3 is 2.85 bits per heavy atom. The zero-order chi connectivity index (χ0) is 19.6. The second kappa shape index (κ2) is 10.3. The average Bonchev–Trinajstić information content (AvgIpc) is 2.64. The van der Waals surface area contributed by atoms with E-state index in [0.717, 1.165) is 18.5 Å². The lowest BCUT2D eigenvalue weighted by Gasteiger charge is -2.17. The maximum Gasteiger partial charge on any atom is 0.347 e. The van der Waals surface area contributed by atoms with Crippen molar-refractivity contribution >= 4 is 5.97 Å². The summed E-state index contributed by atoms with van der Waals surface area (Å²) < 4.78 is 5.61. The molecule has 1 unspecified atom stereocenters. The Morgan fingerprint density at radius 1 is 1.41 bits per heavy atom. The molecule has 1 aliphatic carbocycles. The molecule has 0 saturated heterocycles. The number of nitrogens with one attached hydrogen (secondary N) is 1. The van der Waals surface area contributed by atoms with Crippen LogP contribution in [-0.4, -0.2) is 23.7 Å². The molecule has 5 nitrogen and oxygen atoms in total. The van der Waals surface area contributed by atoms with E-state index in [0.29, 0.717) is 23.1 Å². The van der Waals surface area contributed by atoms with Crippen LogP contribution >= 0.6 is 0 Å². The molecule has 142 valence electrons. The normalized spacial score (nSPS) is 21.1. The van der Waals surface area contributed by atoms with Gasteiger partial charge in [0, 0.05) is 11.6 Å². The van der Waals surface area contributed by atoms with Gasteiger partial charge in [-0.05, 0) is 50.1 Å². The standard InChI is InChI=1S/C22H26N2O3/c1-3-4-5-12-24-19-9-6-17(7-10-19)8-11-20-14-18(13-16(2)27-20)21(15-23)22(25)26/h6-9,11,13-14,19,24H,3-5,10,12H2,1-2H3,(H,25,26)/b11-8+,21-18+. The monoisotopic (exact) mass is 366 g/mol. The van der Waals surface area contributed by atoms with Crippen molar-refractivity contribution in [3.63, 3.8) is 0 Å². The molecule has 0 aromatic rings. The molecule has 1 heterocycles. The molecule has 0 bridgehead atoms. The van der Waals surface area contributed by atoms with Crippen molar-refractivity contribution in [3.05, 3.63) is 70.8 Å². The van der Waals surface area contributed by atoms with Crippen LogP contribution in [0.4, 0.5) is 0 Å². The van der Waals surface area contributed by atoms with Gasteiger partial charge in [0.1, 0.15) is 23.2 Å². The first-order chi connectivity index (χ1) is 13.0. The van der Waals surface area contributed by atoms with E-state index in [2.05, 4.69) is 30.5 Å². The van der Waals surface area contributed by atoms with Crippen molar-refractivity contribution in [3.8, 4) is 6.07 Å². The summed E-state index contributed by atoms with van der Waals surface area (Å²) in [5.74, 6) is -0.188. The summed E-state index contributed by atoms with van der Waals surface area (Å²) in [6.45, 7) is 4.96. The maximum atomic E-state index is 11.2. The van der Waals surface area contributed by atoms with Gasteiger partial charge < -0.3 is 15.2 Å². The highest BCUT2D eigenvalue weighted by molar-refractivity contribution is 5.93. The minimum absolute atomic E-state index is 0.294. The van der Waals surface area contributed by atoms with E-state index < -0.39 is 5.97 Å². The number of nitriles is 1. The second-order valence-electron chi connectivity index (χ2n) is 6.55. The maximum absolute atomic E-state index is 11.2. The lowest BCUT2D eigenvalue weighted by molar-refractivity contribution is -0.132. The molecule has 0 aromatic carbocycles. The fraction of sp³-hybridized carbons (Fsp3) is 0.364. The van der Waals surface area contributed by atoms with Gasteiger partial charge in [-0.1, -0.05) is 44.1 Å². The summed E-state index contributed by atoms with van der Waals surface area (Å²) in [6, 6.07) is 2.10. The quantitative estimate of drug-likeness (QED) is 0.380. The number of aliphatic carboxylic acids is 1. The summed E-state index contributed by atoms with van der Waals surface area (Å²) in [5.41, 5.74) is 1.12. The molecule has 0 saturated carbocycles. The molecule has 27 heavy (non-hydrogen) atoms. The molecule has 0 aromatic heterocycles. The van der Waals surface area contributed by atoms with Crippen molar-refractivity contribution in [1.29, 1.82) is 5.26 Å². The molecular formula is C22H26N2O3. The third kappa shape index (κ3) is 6.43. The fourth-order valence-corrected chi connectivity index (χ4v) is 2.87. The highest BCUT2D eigenvalue weighted by atomic mass is 16.5. The fourth-order valence-electron chi connectivity index (χ4n) is 2.87. The average molecular weight is 366 g/mol. The predicted octanol–water partition coefficient (Wildman–Crippen LogP) is 4.30. The first-order valence-electron chi connectivity index (χ1n) is 9.28. The Kier molecular flexibility index (Phi) is 7.84. The molecule has 2 N–H and O–H groups in total. The Balaban J connectivity index is 1.99. The Bertz CT molecular complexity index is 789. The summed E-state index contributed by atoms with van der Waals surface area (Å²) in [7, 11) is 0. The Hall–Kier alpha value is -2.84. The van der Waals surface area contributed by atoms with Crippen molar-refractivity contribution < 1.29 is 14.6 Å². The van der Waals surface area contributed by atoms with Gasteiger partial charge in [0.2, 0.25) is 0 Å². The molecule has 2 rings (SSSR count). The van der Waals surface area contributed by atoms with Crippen LogP contribution < -0.4 is 5.32 Å². The number of unbranched alkanes of at least 4 members (excludes halogenated alkanes) is 2. The number of rotatable bonds is 8. The predicted molar refractivity (Wildman–Crippen MR) is 105 cm³/mol. The zero-order valence-corrected chi connectivity index (χ0v) is 15.9. The first kappa shape index (κ1) is 20.5. The lowest BCUT2D eigenvalue weighted by Crippen LogP contribution is -2.28. The molecule has 0 fully saturated rings. The van der Waals surface area contributed by atoms with Crippen molar-refractivity contribution in [1.82, 2.24) is 5.32 Å². The molecule has 1 aliphatic heterocycles. The Morgan fingerprint density at radius 2 is 2.22 bits per heavy atom. The van der Waals surface area contributed by atoms with E-state index in [1.807, 2.05) is 6.08 Å². The van der Waals surface area contributed by atoms with E-state index in [-0.39, 0.29) is 5.57 Å². The van der Waals surface area contributed by atoms with Crippen LogP contribution in [-0.2, 0) is 9.53 Å². The molecule has 0 radical (unpaired) electrons. The number of carboxylic acid groups (broad SMARTS) is 1. The van der Waals surface area contributed by atoms with Crippen LogP contribution in [0.25, 0.3) is 0 Å². The molecule has 0 amide bonds. The first-order valence-corrected chi connectivity index (χ1v) is 9.28. The van der Waals surface area contributed by atoms with Gasteiger partial charge in [0.25, 0.3) is 0 Å². The highest BCUT2D eigenvalue weighted by Gasteiger charge is 2.15. The van der Waals surface area contributed by atoms with Crippen LogP contribution in [0.2, 0.25) is 0 Å². The van der Waals surface area contributed by atoms with Crippen LogP contribution in [0.3, 0.4) is 0 Å². The van der Waals surface area contributed by atoms with Gasteiger partial charge in [-0.3, -0.25) is 0 Å². The third-order valence-electron chi connectivity index (χ3n) is 4.31. The smallest absolute Gasteiger partial charge is 0.347 e. The lowest BCUT2D eigenvalue weighted by atomic mass is 10.0. The van der Waals surface area contributed by atoms with Crippen LogP contribution in [0.5, 0.6) is 0 Å². The number of carboxylic acids is 1. The minimum Gasteiger partial charge on any atom is -0.477 e. The van der Waals surface area contributed by atoms with Crippen LogP contribution in [0, 0.1) is 11.3 Å². The number of hydrogen-bond donors (Lipinski definition) is 2. The van der Waals surface area contributed by atoms with Crippen molar-refractivity contribution in [2.24, 2.45) is 0 Å². The number of nitrogens with zero attached hydrogens (tertiary/aromatic N) is 1. The molecule has 0 spiro atoms. The van der Waals surface area contributed by atoms with Crippen molar-refractivity contribution in [2.45, 2.75) is 45.6 Å². The molecular weight excluding hydrogens is 340 g/mol. The van der Waals surface area contributed by atoms with Crippen LogP contribution in [0.1, 0.15) is 39.5 Å². The second-order valence-corrected chi connectivity index (χ2v) is 6.55. The van der Waals surface area contributed by atoms with E-state index in [4.69, 9.17) is 15.1 Å². The van der Waals surface area contributed by atoms with Gasteiger partial charge in [0.05, 0.1) is 0 Å². The summed E-state index contributed by atoms with van der Waals surface area (Å²) in [5, 5.41) is 21.7. The van der Waals surface area contributed by atoms with Gasteiger partial charge in [-0.25, -0.2) is 4.79 Å². The summed E-state index contributed by atoms with van der Waals surface area (Å²) in [4.78, 5) is 11.2. The summed E-state index contributed by atoms with van der Waals surface area (Å²) in [6.07, 6.45) is 17.8. The van der Waals surface area contributed by atoms with Crippen LogP contribution in [0.15, 0.2) is 70.8 Å². The van der Waals surface area contributed by atoms with E-state index in [1.165, 1.54) is 19.3 Å². The number of carbonyl (C=O) groups is 1. The number of allylic oxidation sites excluding steroid dienone is 8. The summed E-state index contributed by atoms with van der Waals surface area (Å²) >= 11 is 0.